The standard InChI is InChI=1S/C14H14FNO2S/c1-17-9-4-3-5-10(6-9)19-14-8-13(18-2)11(15)7-12(14)16/h3-8H,16H2,1-2H3. The molecule has 5 heteroatoms. The van der Waals surface area contributed by atoms with E-state index in [9.17, 15) is 4.39 Å². The van der Waals surface area contributed by atoms with E-state index in [1.54, 1.807) is 13.2 Å². The minimum atomic E-state index is -0.463. The van der Waals surface area contributed by atoms with E-state index in [1.165, 1.54) is 24.9 Å². The normalized spacial score (nSPS) is 10.3. The number of nitrogen functional groups attached to an aromatic ring is 1. The molecule has 0 aliphatic rings. The van der Waals surface area contributed by atoms with E-state index in [1.807, 2.05) is 24.3 Å². The predicted molar refractivity (Wildman–Crippen MR) is 74.5 cm³/mol. The highest BCUT2D eigenvalue weighted by Gasteiger charge is 2.10. The predicted octanol–water partition coefficient (Wildman–Crippen LogP) is 3.58. The maximum Gasteiger partial charge on any atom is 0.167 e. The number of rotatable bonds is 4. The van der Waals surface area contributed by atoms with Gasteiger partial charge in [0.1, 0.15) is 5.75 Å². The van der Waals surface area contributed by atoms with E-state index in [4.69, 9.17) is 15.2 Å². The van der Waals surface area contributed by atoms with Gasteiger partial charge in [-0.05, 0) is 24.3 Å². The lowest BCUT2D eigenvalue weighted by molar-refractivity contribution is 0.385. The van der Waals surface area contributed by atoms with Crippen molar-refractivity contribution in [3.63, 3.8) is 0 Å². The zero-order valence-electron chi connectivity index (χ0n) is 10.6. The summed E-state index contributed by atoms with van der Waals surface area (Å²) in [6.45, 7) is 0. The molecule has 0 radical (unpaired) electrons. The first-order chi connectivity index (χ1) is 9.13. The van der Waals surface area contributed by atoms with Crippen LogP contribution < -0.4 is 15.2 Å². The first-order valence-electron chi connectivity index (χ1n) is 5.59. The average molecular weight is 279 g/mol. The second-order valence-electron chi connectivity index (χ2n) is 3.81. The number of ether oxygens (including phenoxy) is 2. The molecule has 0 bridgehead atoms. The van der Waals surface area contributed by atoms with Crippen LogP contribution in [-0.4, -0.2) is 14.2 Å². The van der Waals surface area contributed by atoms with Gasteiger partial charge in [0.25, 0.3) is 0 Å². The number of benzene rings is 2. The largest absolute Gasteiger partial charge is 0.497 e. The number of anilines is 1. The van der Waals surface area contributed by atoms with E-state index >= 15 is 0 Å². The van der Waals surface area contributed by atoms with Crippen molar-refractivity contribution in [2.45, 2.75) is 9.79 Å². The molecule has 0 saturated heterocycles. The molecule has 100 valence electrons. The summed E-state index contributed by atoms with van der Waals surface area (Å²) in [4.78, 5) is 1.70. The molecule has 0 heterocycles. The van der Waals surface area contributed by atoms with Gasteiger partial charge in [-0.3, -0.25) is 0 Å². The molecule has 2 aromatic rings. The zero-order valence-corrected chi connectivity index (χ0v) is 11.5. The Labute approximate surface area is 115 Å². The van der Waals surface area contributed by atoms with Crippen LogP contribution in [0.1, 0.15) is 0 Å². The highest BCUT2D eigenvalue weighted by molar-refractivity contribution is 7.99. The summed E-state index contributed by atoms with van der Waals surface area (Å²) in [6.07, 6.45) is 0. The van der Waals surface area contributed by atoms with Crippen molar-refractivity contribution in [3.05, 3.63) is 42.2 Å². The molecule has 2 N–H and O–H groups in total. The van der Waals surface area contributed by atoms with Gasteiger partial charge in [-0.2, -0.15) is 0 Å². The first kappa shape index (κ1) is 13.5. The van der Waals surface area contributed by atoms with E-state index in [-0.39, 0.29) is 5.75 Å². The molecule has 0 atom stereocenters. The number of methoxy groups -OCH3 is 2. The summed E-state index contributed by atoms with van der Waals surface area (Å²) in [5.41, 5.74) is 6.20. The zero-order chi connectivity index (χ0) is 13.8. The highest BCUT2D eigenvalue weighted by atomic mass is 32.2. The number of nitrogens with two attached hydrogens (primary N) is 1. The average Bonchev–Trinajstić information content (AvgIpc) is 2.42. The van der Waals surface area contributed by atoms with Crippen LogP contribution in [0, 0.1) is 5.82 Å². The van der Waals surface area contributed by atoms with Crippen LogP contribution in [0.25, 0.3) is 0 Å². The van der Waals surface area contributed by atoms with Crippen LogP contribution in [-0.2, 0) is 0 Å². The molecular formula is C14H14FNO2S. The Bertz CT molecular complexity index is 590. The Morgan fingerprint density at radius 1 is 1.11 bits per heavy atom. The van der Waals surface area contributed by atoms with Crippen molar-refractivity contribution in [2.75, 3.05) is 20.0 Å². The van der Waals surface area contributed by atoms with Crippen molar-refractivity contribution >= 4 is 17.4 Å². The van der Waals surface area contributed by atoms with Crippen LogP contribution in [0.3, 0.4) is 0 Å². The summed E-state index contributed by atoms with van der Waals surface area (Å²) < 4.78 is 23.6. The lowest BCUT2D eigenvalue weighted by Gasteiger charge is -2.09. The van der Waals surface area contributed by atoms with E-state index in [0.717, 1.165) is 15.5 Å². The van der Waals surface area contributed by atoms with Gasteiger partial charge in [0, 0.05) is 21.5 Å². The Balaban J connectivity index is 2.32. The van der Waals surface area contributed by atoms with Crippen molar-refractivity contribution < 1.29 is 13.9 Å². The van der Waals surface area contributed by atoms with Gasteiger partial charge < -0.3 is 15.2 Å². The number of hydrogen-bond acceptors (Lipinski definition) is 4. The summed E-state index contributed by atoms with van der Waals surface area (Å²) in [7, 11) is 3.04. The maximum atomic E-state index is 13.5. The van der Waals surface area contributed by atoms with Crippen LogP contribution in [0.4, 0.5) is 10.1 Å². The molecule has 0 aliphatic carbocycles. The molecule has 2 aromatic carbocycles. The van der Waals surface area contributed by atoms with Crippen molar-refractivity contribution in [1.29, 1.82) is 0 Å². The fourth-order valence-corrected chi connectivity index (χ4v) is 2.50. The lowest BCUT2D eigenvalue weighted by Crippen LogP contribution is -1.94. The van der Waals surface area contributed by atoms with Crippen molar-refractivity contribution in [3.8, 4) is 11.5 Å². The SMILES string of the molecule is COc1cccc(Sc2cc(OC)c(F)cc2N)c1. The second kappa shape index (κ2) is 5.84. The monoisotopic (exact) mass is 279 g/mol. The maximum absolute atomic E-state index is 13.5. The Morgan fingerprint density at radius 3 is 2.58 bits per heavy atom. The minimum Gasteiger partial charge on any atom is -0.497 e. The molecular weight excluding hydrogens is 265 g/mol. The van der Waals surface area contributed by atoms with E-state index < -0.39 is 5.82 Å². The van der Waals surface area contributed by atoms with Gasteiger partial charge in [-0.1, -0.05) is 17.8 Å². The quantitative estimate of drug-likeness (QED) is 0.869. The topological polar surface area (TPSA) is 44.5 Å². The van der Waals surface area contributed by atoms with Gasteiger partial charge in [0.2, 0.25) is 0 Å². The van der Waals surface area contributed by atoms with Gasteiger partial charge >= 0.3 is 0 Å². The van der Waals surface area contributed by atoms with Crippen LogP contribution in [0.5, 0.6) is 11.5 Å². The first-order valence-corrected chi connectivity index (χ1v) is 6.40. The smallest absolute Gasteiger partial charge is 0.167 e. The molecule has 19 heavy (non-hydrogen) atoms. The van der Waals surface area contributed by atoms with Gasteiger partial charge in [-0.15, -0.1) is 0 Å². The van der Waals surface area contributed by atoms with Crippen LogP contribution in [0.2, 0.25) is 0 Å². The second-order valence-corrected chi connectivity index (χ2v) is 4.92. The van der Waals surface area contributed by atoms with E-state index in [2.05, 4.69) is 0 Å². The third-order valence-corrected chi connectivity index (χ3v) is 3.62. The molecule has 0 aromatic heterocycles. The molecule has 0 aliphatic heterocycles. The number of halogens is 1. The molecule has 0 spiro atoms. The Hall–Kier alpha value is -1.88. The van der Waals surface area contributed by atoms with Crippen molar-refractivity contribution in [2.24, 2.45) is 0 Å². The molecule has 0 fully saturated rings. The third-order valence-electron chi connectivity index (χ3n) is 2.55. The van der Waals surface area contributed by atoms with Crippen molar-refractivity contribution in [1.82, 2.24) is 0 Å². The minimum absolute atomic E-state index is 0.180. The summed E-state index contributed by atoms with van der Waals surface area (Å²) in [5, 5.41) is 0. The Kier molecular flexibility index (Phi) is 4.16. The van der Waals surface area contributed by atoms with Gasteiger partial charge in [0.15, 0.2) is 11.6 Å². The third kappa shape index (κ3) is 3.12. The highest BCUT2D eigenvalue weighted by Crippen LogP contribution is 2.36. The molecule has 2 rings (SSSR count). The molecule has 3 nitrogen and oxygen atoms in total. The molecule has 0 amide bonds. The van der Waals surface area contributed by atoms with Gasteiger partial charge in [-0.25, -0.2) is 4.39 Å². The Morgan fingerprint density at radius 2 is 1.89 bits per heavy atom. The van der Waals surface area contributed by atoms with E-state index in [0.29, 0.717) is 5.69 Å². The summed E-state index contributed by atoms with van der Waals surface area (Å²) in [5.74, 6) is 0.479. The summed E-state index contributed by atoms with van der Waals surface area (Å²) in [6, 6.07) is 10.4. The van der Waals surface area contributed by atoms with Crippen LogP contribution in [0.15, 0.2) is 46.2 Å². The van der Waals surface area contributed by atoms with Gasteiger partial charge in [0.05, 0.1) is 14.2 Å². The fraction of sp³-hybridized carbons (Fsp3) is 0.143. The van der Waals surface area contributed by atoms with Crippen LogP contribution >= 0.6 is 11.8 Å². The summed E-state index contributed by atoms with van der Waals surface area (Å²) >= 11 is 1.43. The molecule has 0 unspecified atom stereocenters. The lowest BCUT2D eigenvalue weighted by atomic mass is 10.3. The fourth-order valence-electron chi connectivity index (χ4n) is 1.59. The molecule has 0 saturated carbocycles. The number of hydrogen-bond donors (Lipinski definition) is 1.